The Bertz CT molecular complexity index is 665. The maximum Gasteiger partial charge on any atom is 0.313 e. The first-order chi connectivity index (χ1) is 10.1. The Kier molecular flexibility index (Phi) is 4.03. The van der Waals surface area contributed by atoms with E-state index < -0.39 is 5.97 Å². The molecule has 1 fully saturated rings. The minimum atomic E-state index is -0.836. The number of nitrogens with zero attached hydrogens (tertiary/aromatic N) is 3. The molecule has 0 spiro atoms. The highest BCUT2D eigenvalue weighted by Crippen LogP contribution is 2.25. The quantitative estimate of drug-likeness (QED) is 0.863. The highest BCUT2D eigenvalue weighted by molar-refractivity contribution is 7.99. The van der Waals surface area contributed by atoms with Crippen molar-refractivity contribution in [3.8, 4) is 0 Å². The van der Waals surface area contributed by atoms with Crippen LogP contribution in [0.4, 0.5) is 0 Å². The SMILES string of the molecule is Cc1ccc2c(c1)nc(SCC(=O)O)n2N1CCOCC1. The number of morpholine rings is 1. The van der Waals surface area contributed by atoms with Crippen LogP contribution in [0.25, 0.3) is 11.0 Å². The largest absolute Gasteiger partial charge is 0.481 e. The van der Waals surface area contributed by atoms with Gasteiger partial charge >= 0.3 is 5.97 Å². The number of rotatable bonds is 4. The van der Waals surface area contributed by atoms with Crippen molar-refractivity contribution in [3.63, 3.8) is 0 Å². The van der Waals surface area contributed by atoms with Crippen LogP contribution in [-0.4, -0.2) is 52.8 Å². The summed E-state index contributed by atoms with van der Waals surface area (Å²) in [6.07, 6.45) is 0. The molecule has 0 amide bonds. The van der Waals surface area contributed by atoms with Crippen molar-refractivity contribution in [2.24, 2.45) is 0 Å². The van der Waals surface area contributed by atoms with Gasteiger partial charge in [-0.1, -0.05) is 17.8 Å². The fourth-order valence-corrected chi connectivity index (χ4v) is 3.15. The second-order valence-electron chi connectivity index (χ2n) is 4.95. The molecule has 1 aromatic carbocycles. The molecular weight excluding hydrogens is 290 g/mol. The summed E-state index contributed by atoms with van der Waals surface area (Å²) in [5, 5.41) is 11.8. The smallest absolute Gasteiger partial charge is 0.313 e. The van der Waals surface area contributed by atoms with Crippen molar-refractivity contribution < 1.29 is 14.6 Å². The minimum Gasteiger partial charge on any atom is -0.481 e. The number of aliphatic carboxylic acids is 1. The third-order valence-corrected chi connectivity index (χ3v) is 4.27. The summed E-state index contributed by atoms with van der Waals surface area (Å²) in [6, 6.07) is 6.11. The number of benzene rings is 1. The molecule has 0 radical (unpaired) electrons. The molecule has 21 heavy (non-hydrogen) atoms. The van der Waals surface area contributed by atoms with Gasteiger partial charge in [-0.2, -0.15) is 0 Å². The maximum atomic E-state index is 10.8. The van der Waals surface area contributed by atoms with E-state index in [-0.39, 0.29) is 5.75 Å². The third kappa shape index (κ3) is 2.98. The number of hydrogen-bond acceptors (Lipinski definition) is 5. The molecule has 0 unspecified atom stereocenters. The number of ether oxygens (including phenoxy) is 1. The van der Waals surface area contributed by atoms with Crippen LogP contribution in [0.2, 0.25) is 0 Å². The Morgan fingerprint density at radius 1 is 1.43 bits per heavy atom. The molecule has 0 bridgehead atoms. The number of aryl methyl sites for hydroxylation is 1. The van der Waals surface area contributed by atoms with Gasteiger partial charge in [0.2, 0.25) is 0 Å². The molecular formula is C14H17N3O3S. The van der Waals surface area contributed by atoms with Crippen molar-refractivity contribution >= 4 is 28.8 Å². The first kappa shape index (κ1) is 14.2. The molecule has 6 nitrogen and oxygen atoms in total. The lowest BCUT2D eigenvalue weighted by Crippen LogP contribution is -2.44. The number of fused-ring (bicyclic) bond motifs is 1. The summed E-state index contributed by atoms with van der Waals surface area (Å²) >= 11 is 1.25. The van der Waals surface area contributed by atoms with E-state index in [4.69, 9.17) is 9.84 Å². The Balaban J connectivity index is 2.03. The average Bonchev–Trinajstić information content (AvgIpc) is 2.83. The predicted octanol–water partition coefficient (Wildman–Crippen LogP) is 1.49. The first-order valence-electron chi connectivity index (χ1n) is 6.82. The number of hydrogen-bond donors (Lipinski definition) is 1. The number of carboxylic acid groups (broad SMARTS) is 1. The summed E-state index contributed by atoms with van der Waals surface area (Å²) in [7, 11) is 0. The van der Waals surface area contributed by atoms with E-state index in [9.17, 15) is 4.79 Å². The topological polar surface area (TPSA) is 67.6 Å². The molecule has 1 saturated heterocycles. The van der Waals surface area contributed by atoms with E-state index in [2.05, 4.69) is 9.99 Å². The Morgan fingerprint density at radius 2 is 2.19 bits per heavy atom. The summed E-state index contributed by atoms with van der Waals surface area (Å²) in [4.78, 5) is 15.4. The van der Waals surface area contributed by atoms with Crippen LogP contribution in [0.1, 0.15) is 5.56 Å². The van der Waals surface area contributed by atoms with Gasteiger partial charge < -0.3 is 14.9 Å². The summed E-state index contributed by atoms with van der Waals surface area (Å²) in [6.45, 7) is 4.93. The molecule has 3 rings (SSSR count). The zero-order valence-electron chi connectivity index (χ0n) is 11.8. The van der Waals surface area contributed by atoms with Crippen LogP contribution in [0.15, 0.2) is 23.4 Å². The van der Waals surface area contributed by atoms with Gasteiger partial charge in [-0.15, -0.1) is 0 Å². The van der Waals surface area contributed by atoms with E-state index in [1.165, 1.54) is 11.8 Å². The van der Waals surface area contributed by atoms with Crippen LogP contribution in [0.5, 0.6) is 0 Å². The zero-order valence-corrected chi connectivity index (χ0v) is 12.6. The highest BCUT2D eigenvalue weighted by atomic mass is 32.2. The van der Waals surface area contributed by atoms with Crippen molar-refractivity contribution in [1.29, 1.82) is 0 Å². The van der Waals surface area contributed by atoms with E-state index in [0.29, 0.717) is 13.2 Å². The monoisotopic (exact) mass is 307 g/mol. The summed E-state index contributed by atoms with van der Waals surface area (Å²) in [5.74, 6) is -0.830. The van der Waals surface area contributed by atoms with Crippen LogP contribution in [-0.2, 0) is 9.53 Å². The number of aromatic nitrogens is 2. The number of thioether (sulfide) groups is 1. The lowest BCUT2D eigenvalue weighted by atomic mass is 10.2. The van der Waals surface area contributed by atoms with Gasteiger partial charge in [0.05, 0.1) is 43.1 Å². The minimum absolute atomic E-state index is 0.00659. The molecule has 0 atom stereocenters. The molecule has 2 aromatic rings. The number of carboxylic acids is 1. The number of carbonyl (C=O) groups is 1. The Labute approximate surface area is 126 Å². The van der Waals surface area contributed by atoms with Crippen molar-refractivity contribution in [2.75, 3.05) is 37.1 Å². The normalized spacial score (nSPS) is 15.6. The van der Waals surface area contributed by atoms with Gasteiger partial charge in [0.25, 0.3) is 0 Å². The Morgan fingerprint density at radius 3 is 2.90 bits per heavy atom. The van der Waals surface area contributed by atoms with E-state index in [1.54, 1.807) is 0 Å². The van der Waals surface area contributed by atoms with Gasteiger partial charge in [-0.25, -0.2) is 9.66 Å². The standard InChI is InChI=1S/C14H17N3O3S/c1-10-2-3-12-11(8-10)15-14(21-9-13(18)19)17(12)16-4-6-20-7-5-16/h2-3,8H,4-7,9H2,1H3,(H,18,19). The predicted molar refractivity (Wildman–Crippen MR) is 81.6 cm³/mol. The second kappa shape index (κ2) is 5.95. The van der Waals surface area contributed by atoms with Gasteiger partial charge in [0, 0.05) is 0 Å². The van der Waals surface area contributed by atoms with Crippen LogP contribution >= 0.6 is 11.8 Å². The molecule has 1 aliphatic rings. The van der Waals surface area contributed by atoms with Crippen molar-refractivity contribution in [2.45, 2.75) is 12.1 Å². The molecule has 7 heteroatoms. The number of imidazole rings is 1. The molecule has 1 aliphatic heterocycles. The third-order valence-electron chi connectivity index (χ3n) is 3.35. The van der Waals surface area contributed by atoms with Gasteiger partial charge in [0.1, 0.15) is 0 Å². The lowest BCUT2D eigenvalue weighted by Gasteiger charge is -2.31. The molecule has 0 saturated carbocycles. The lowest BCUT2D eigenvalue weighted by molar-refractivity contribution is -0.133. The molecule has 1 aromatic heterocycles. The molecule has 1 N–H and O–H groups in total. The van der Waals surface area contributed by atoms with Crippen molar-refractivity contribution in [1.82, 2.24) is 9.66 Å². The highest BCUT2D eigenvalue weighted by Gasteiger charge is 2.19. The van der Waals surface area contributed by atoms with Gasteiger partial charge in [-0.3, -0.25) is 4.79 Å². The summed E-state index contributed by atoms with van der Waals surface area (Å²) < 4.78 is 7.42. The fraction of sp³-hybridized carbons (Fsp3) is 0.429. The molecule has 112 valence electrons. The first-order valence-corrected chi connectivity index (χ1v) is 7.80. The Hall–Kier alpha value is -1.73. The van der Waals surface area contributed by atoms with Crippen molar-refractivity contribution in [3.05, 3.63) is 23.8 Å². The van der Waals surface area contributed by atoms with Gasteiger partial charge in [0.15, 0.2) is 5.16 Å². The second-order valence-corrected chi connectivity index (χ2v) is 5.89. The van der Waals surface area contributed by atoms with E-state index in [0.717, 1.165) is 34.8 Å². The van der Waals surface area contributed by atoms with E-state index in [1.807, 2.05) is 29.8 Å². The zero-order chi connectivity index (χ0) is 14.8. The van der Waals surface area contributed by atoms with Crippen LogP contribution < -0.4 is 5.01 Å². The molecule has 2 heterocycles. The summed E-state index contributed by atoms with van der Waals surface area (Å²) in [5.41, 5.74) is 3.05. The fourth-order valence-electron chi connectivity index (χ4n) is 2.40. The molecule has 0 aliphatic carbocycles. The maximum absolute atomic E-state index is 10.8. The van der Waals surface area contributed by atoms with Gasteiger partial charge in [-0.05, 0) is 24.6 Å². The van der Waals surface area contributed by atoms with Crippen LogP contribution in [0.3, 0.4) is 0 Å². The van der Waals surface area contributed by atoms with Crippen LogP contribution in [0, 0.1) is 6.92 Å². The average molecular weight is 307 g/mol. The van der Waals surface area contributed by atoms with E-state index >= 15 is 0 Å².